The fourth-order valence-electron chi connectivity index (χ4n) is 3.68. The molecule has 2 heterocycles. The van der Waals surface area contributed by atoms with Gasteiger partial charge in [0.1, 0.15) is 11.9 Å². The molecule has 0 fully saturated rings. The number of nitrogens with zero attached hydrogens (tertiary/aromatic N) is 4. The molecule has 2 aromatic carbocycles. The summed E-state index contributed by atoms with van der Waals surface area (Å²) >= 11 is 0. The van der Waals surface area contributed by atoms with Gasteiger partial charge in [-0.25, -0.2) is 0 Å². The fraction of sp³-hybridized carbons (Fsp3) is 0.304. The van der Waals surface area contributed by atoms with Crippen LogP contribution in [0.3, 0.4) is 0 Å². The van der Waals surface area contributed by atoms with E-state index in [9.17, 15) is 4.79 Å². The summed E-state index contributed by atoms with van der Waals surface area (Å²) in [5.41, 5.74) is 2.93. The molecule has 4 rings (SSSR count). The molecule has 1 atom stereocenters. The second-order valence-electron chi connectivity index (χ2n) is 7.53. The Kier molecular flexibility index (Phi) is 5.75. The molecule has 152 valence electrons. The van der Waals surface area contributed by atoms with Crippen LogP contribution in [0.4, 0.5) is 11.4 Å². The molecule has 1 aliphatic rings. The second kappa shape index (κ2) is 8.78. The Morgan fingerprint density at radius 3 is 2.80 bits per heavy atom. The van der Waals surface area contributed by atoms with Gasteiger partial charge in [-0.15, -0.1) is 10.2 Å². The summed E-state index contributed by atoms with van der Waals surface area (Å²) < 4.78 is 2.21. The van der Waals surface area contributed by atoms with Gasteiger partial charge in [-0.2, -0.15) is 5.26 Å². The van der Waals surface area contributed by atoms with Gasteiger partial charge >= 0.3 is 0 Å². The van der Waals surface area contributed by atoms with Crippen molar-refractivity contribution in [1.29, 1.82) is 5.26 Å². The average molecular weight is 400 g/mol. The van der Waals surface area contributed by atoms with Gasteiger partial charge in [0.25, 0.3) is 0 Å². The van der Waals surface area contributed by atoms with Crippen molar-refractivity contribution in [2.45, 2.75) is 45.2 Å². The van der Waals surface area contributed by atoms with Crippen molar-refractivity contribution < 1.29 is 4.79 Å². The predicted octanol–water partition coefficient (Wildman–Crippen LogP) is 3.98. The number of amides is 1. The number of nitriles is 1. The summed E-state index contributed by atoms with van der Waals surface area (Å²) in [7, 11) is 0. The molecule has 2 N–H and O–H groups in total. The van der Waals surface area contributed by atoms with Crippen LogP contribution in [0.1, 0.15) is 37.6 Å². The lowest BCUT2D eigenvalue weighted by atomic mass is 10.1. The van der Waals surface area contributed by atoms with Gasteiger partial charge in [-0.3, -0.25) is 4.79 Å². The standard InChI is InChI=1S/C23H24N6O/c1-16(23(30)26-19-9-5-7-17(13-19)15-24)25-20-10-6-8-18(14-20)22-28-27-21-11-3-2-4-12-29(21)22/h5-10,13-14,16,25H,2-4,11-12H2,1H3,(H,26,30)/t16-/m1/s1. The largest absolute Gasteiger partial charge is 0.374 e. The summed E-state index contributed by atoms with van der Waals surface area (Å²) in [5, 5.41) is 23.9. The Morgan fingerprint density at radius 1 is 1.10 bits per heavy atom. The molecule has 1 aliphatic heterocycles. The highest BCUT2D eigenvalue weighted by Crippen LogP contribution is 2.25. The van der Waals surface area contributed by atoms with Crippen molar-refractivity contribution in [1.82, 2.24) is 14.8 Å². The van der Waals surface area contributed by atoms with Crippen LogP contribution >= 0.6 is 0 Å². The zero-order chi connectivity index (χ0) is 20.9. The first-order chi connectivity index (χ1) is 14.6. The van der Waals surface area contributed by atoms with E-state index in [1.54, 1.807) is 31.2 Å². The van der Waals surface area contributed by atoms with Crippen molar-refractivity contribution in [3.63, 3.8) is 0 Å². The number of carbonyl (C=O) groups is 1. The van der Waals surface area contributed by atoms with Crippen molar-refractivity contribution >= 4 is 17.3 Å². The van der Waals surface area contributed by atoms with Crippen LogP contribution < -0.4 is 10.6 Å². The molecule has 0 spiro atoms. The maximum atomic E-state index is 12.6. The molecule has 0 saturated heterocycles. The summed E-state index contributed by atoms with van der Waals surface area (Å²) in [6.45, 7) is 2.75. The van der Waals surface area contributed by atoms with Gasteiger partial charge in [0.2, 0.25) is 5.91 Å². The lowest BCUT2D eigenvalue weighted by Gasteiger charge is -2.16. The fourth-order valence-corrected chi connectivity index (χ4v) is 3.68. The second-order valence-corrected chi connectivity index (χ2v) is 7.53. The third kappa shape index (κ3) is 4.33. The molecule has 0 aliphatic carbocycles. The molecular weight excluding hydrogens is 376 g/mol. The minimum atomic E-state index is -0.457. The number of rotatable bonds is 5. The summed E-state index contributed by atoms with van der Waals surface area (Å²) in [6, 6.07) is 16.4. The third-order valence-corrected chi connectivity index (χ3v) is 5.27. The summed E-state index contributed by atoms with van der Waals surface area (Å²) in [4.78, 5) is 12.6. The molecule has 1 aromatic heterocycles. The maximum Gasteiger partial charge on any atom is 0.246 e. The molecule has 0 unspecified atom stereocenters. The molecule has 7 nitrogen and oxygen atoms in total. The zero-order valence-corrected chi connectivity index (χ0v) is 16.9. The van der Waals surface area contributed by atoms with Crippen LogP contribution in [0.25, 0.3) is 11.4 Å². The molecule has 0 radical (unpaired) electrons. The molecule has 30 heavy (non-hydrogen) atoms. The molecular formula is C23H24N6O. The molecule has 7 heteroatoms. The van der Waals surface area contributed by atoms with Crippen molar-refractivity contribution in [2.75, 3.05) is 10.6 Å². The van der Waals surface area contributed by atoms with E-state index < -0.39 is 6.04 Å². The number of nitrogens with one attached hydrogen (secondary N) is 2. The maximum absolute atomic E-state index is 12.6. The van der Waals surface area contributed by atoms with Gasteiger partial charge in [-0.1, -0.05) is 24.6 Å². The number of benzene rings is 2. The molecule has 1 amide bonds. The monoisotopic (exact) mass is 400 g/mol. The average Bonchev–Trinajstić information content (AvgIpc) is 3.02. The summed E-state index contributed by atoms with van der Waals surface area (Å²) in [6.07, 6.45) is 4.48. The number of aryl methyl sites for hydroxylation is 1. The van der Waals surface area contributed by atoms with E-state index in [2.05, 4.69) is 31.5 Å². The van der Waals surface area contributed by atoms with E-state index in [1.165, 1.54) is 6.42 Å². The Balaban J connectivity index is 1.47. The minimum Gasteiger partial charge on any atom is -0.374 e. The highest BCUT2D eigenvalue weighted by atomic mass is 16.2. The van der Waals surface area contributed by atoms with E-state index in [4.69, 9.17) is 5.26 Å². The van der Waals surface area contributed by atoms with Gasteiger partial charge < -0.3 is 15.2 Å². The Bertz CT molecular complexity index is 1100. The first-order valence-electron chi connectivity index (χ1n) is 10.2. The minimum absolute atomic E-state index is 0.174. The quantitative estimate of drug-likeness (QED) is 0.675. The Hall–Kier alpha value is -3.66. The van der Waals surface area contributed by atoms with Gasteiger partial charge in [0.05, 0.1) is 11.6 Å². The number of hydrogen-bond donors (Lipinski definition) is 2. The van der Waals surface area contributed by atoms with E-state index in [0.29, 0.717) is 11.3 Å². The molecule has 0 saturated carbocycles. The number of hydrogen-bond acceptors (Lipinski definition) is 5. The highest BCUT2D eigenvalue weighted by Gasteiger charge is 2.17. The van der Waals surface area contributed by atoms with E-state index in [1.807, 2.05) is 24.3 Å². The number of anilines is 2. The topological polar surface area (TPSA) is 95.6 Å². The van der Waals surface area contributed by atoms with Crippen LogP contribution in [-0.2, 0) is 17.8 Å². The van der Waals surface area contributed by atoms with Crippen LogP contribution in [-0.4, -0.2) is 26.7 Å². The van der Waals surface area contributed by atoms with Crippen molar-refractivity contribution in [3.05, 3.63) is 59.9 Å². The van der Waals surface area contributed by atoms with Crippen molar-refractivity contribution in [2.24, 2.45) is 0 Å². The number of fused-ring (bicyclic) bond motifs is 1. The lowest BCUT2D eigenvalue weighted by molar-refractivity contribution is -0.116. The van der Waals surface area contributed by atoms with Crippen molar-refractivity contribution in [3.8, 4) is 17.5 Å². The van der Waals surface area contributed by atoms with Crippen LogP contribution in [0, 0.1) is 11.3 Å². The smallest absolute Gasteiger partial charge is 0.246 e. The van der Waals surface area contributed by atoms with E-state index in [-0.39, 0.29) is 5.91 Å². The Morgan fingerprint density at radius 2 is 1.93 bits per heavy atom. The van der Waals surface area contributed by atoms with Crippen LogP contribution in [0.5, 0.6) is 0 Å². The van der Waals surface area contributed by atoms with Crippen LogP contribution in [0.2, 0.25) is 0 Å². The highest BCUT2D eigenvalue weighted by molar-refractivity contribution is 5.96. The van der Waals surface area contributed by atoms with E-state index >= 15 is 0 Å². The normalized spacial score (nSPS) is 14.1. The molecule has 3 aromatic rings. The predicted molar refractivity (Wildman–Crippen MR) is 116 cm³/mol. The number of carbonyl (C=O) groups excluding carboxylic acids is 1. The van der Waals surface area contributed by atoms with E-state index in [0.717, 1.165) is 48.7 Å². The first-order valence-corrected chi connectivity index (χ1v) is 10.2. The number of aromatic nitrogens is 3. The van der Waals surface area contributed by atoms with Gasteiger partial charge in [0, 0.05) is 29.9 Å². The SMILES string of the molecule is C[C@@H](Nc1cccc(-c2nnc3n2CCCCC3)c1)C(=O)Nc1cccc(C#N)c1. The molecule has 0 bridgehead atoms. The van der Waals surface area contributed by atoms with Gasteiger partial charge in [0.15, 0.2) is 5.82 Å². The first kappa shape index (κ1) is 19.6. The van der Waals surface area contributed by atoms with Gasteiger partial charge in [-0.05, 0) is 50.1 Å². The lowest BCUT2D eigenvalue weighted by Crippen LogP contribution is -2.31. The Labute approximate surface area is 175 Å². The third-order valence-electron chi connectivity index (χ3n) is 5.27. The summed E-state index contributed by atoms with van der Waals surface area (Å²) in [5.74, 6) is 1.75. The zero-order valence-electron chi connectivity index (χ0n) is 16.9. The van der Waals surface area contributed by atoms with Crippen LogP contribution in [0.15, 0.2) is 48.5 Å².